The first-order chi connectivity index (χ1) is 11.2. The summed E-state index contributed by atoms with van der Waals surface area (Å²) in [5, 5.41) is 13.4. The highest BCUT2D eigenvalue weighted by molar-refractivity contribution is 7.09. The van der Waals surface area contributed by atoms with Gasteiger partial charge >= 0.3 is 0 Å². The average molecular weight is 334 g/mol. The van der Waals surface area contributed by atoms with Gasteiger partial charge in [-0.1, -0.05) is 6.07 Å². The van der Waals surface area contributed by atoms with Crippen molar-refractivity contribution < 1.29 is 4.79 Å². The van der Waals surface area contributed by atoms with Crippen molar-refractivity contribution in [1.29, 1.82) is 0 Å². The third kappa shape index (κ3) is 4.35. The van der Waals surface area contributed by atoms with Gasteiger partial charge in [-0.05, 0) is 35.2 Å². The standard InChI is InChI=1S/C15H22N6OS/c1-13-16-17-18-21(13)8-5-15(22)20-7-3-6-19(9-10-20)12-14-4-2-11-23-14/h2,4,11H,3,5-10,12H2,1H3. The largest absolute Gasteiger partial charge is 0.341 e. The van der Waals surface area contributed by atoms with Gasteiger partial charge in [0.15, 0.2) is 0 Å². The van der Waals surface area contributed by atoms with Crippen molar-refractivity contribution in [2.45, 2.75) is 32.9 Å². The molecule has 0 saturated carbocycles. The molecule has 3 heterocycles. The number of aryl methyl sites for hydroxylation is 2. The summed E-state index contributed by atoms with van der Waals surface area (Å²) in [5.41, 5.74) is 0. The second-order valence-electron chi connectivity index (χ2n) is 5.79. The monoisotopic (exact) mass is 334 g/mol. The fraction of sp³-hybridized carbons (Fsp3) is 0.600. The first-order valence-electron chi connectivity index (χ1n) is 7.97. The molecule has 1 aliphatic heterocycles. The van der Waals surface area contributed by atoms with Crippen LogP contribution in [0.25, 0.3) is 0 Å². The second-order valence-corrected chi connectivity index (χ2v) is 6.82. The highest BCUT2D eigenvalue weighted by Gasteiger charge is 2.19. The Hall–Kier alpha value is -1.80. The van der Waals surface area contributed by atoms with E-state index >= 15 is 0 Å². The molecule has 124 valence electrons. The number of carbonyl (C=O) groups is 1. The lowest BCUT2D eigenvalue weighted by atomic mass is 10.3. The molecular formula is C15H22N6OS. The van der Waals surface area contributed by atoms with E-state index in [0.29, 0.717) is 13.0 Å². The molecule has 1 fully saturated rings. The number of nitrogens with zero attached hydrogens (tertiary/aromatic N) is 6. The van der Waals surface area contributed by atoms with Crippen molar-refractivity contribution in [2.75, 3.05) is 26.2 Å². The molecule has 0 bridgehead atoms. The lowest BCUT2D eigenvalue weighted by Gasteiger charge is -2.21. The molecule has 0 N–H and O–H groups in total. The van der Waals surface area contributed by atoms with Crippen LogP contribution in [0.15, 0.2) is 17.5 Å². The van der Waals surface area contributed by atoms with Gasteiger partial charge in [0.05, 0.1) is 6.54 Å². The molecule has 23 heavy (non-hydrogen) atoms. The van der Waals surface area contributed by atoms with Crippen molar-refractivity contribution in [2.24, 2.45) is 0 Å². The van der Waals surface area contributed by atoms with Crippen molar-refractivity contribution >= 4 is 17.2 Å². The Morgan fingerprint density at radius 1 is 1.30 bits per heavy atom. The van der Waals surface area contributed by atoms with Gasteiger partial charge in [0.2, 0.25) is 5.91 Å². The van der Waals surface area contributed by atoms with Gasteiger partial charge < -0.3 is 4.90 Å². The zero-order chi connectivity index (χ0) is 16.1. The van der Waals surface area contributed by atoms with Crippen LogP contribution in [0.5, 0.6) is 0 Å². The lowest BCUT2D eigenvalue weighted by molar-refractivity contribution is -0.131. The molecule has 0 atom stereocenters. The normalized spacial score (nSPS) is 16.5. The van der Waals surface area contributed by atoms with Crippen LogP contribution in [0.3, 0.4) is 0 Å². The zero-order valence-corrected chi connectivity index (χ0v) is 14.2. The van der Waals surface area contributed by atoms with Crippen LogP contribution in [0.4, 0.5) is 0 Å². The predicted octanol–water partition coefficient (Wildman–Crippen LogP) is 1.17. The molecule has 0 aromatic carbocycles. The minimum Gasteiger partial charge on any atom is -0.341 e. The number of hydrogen-bond acceptors (Lipinski definition) is 6. The Bertz CT molecular complexity index is 626. The molecule has 1 amide bonds. The average Bonchev–Trinajstić information content (AvgIpc) is 3.13. The minimum atomic E-state index is 0.192. The number of tetrazole rings is 1. The summed E-state index contributed by atoms with van der Waals surface area (Å²) in [5.74, 6) is 0.939. The summed E-state index contributed by atoms with van der Waals surface area (Å²) < 4.78 is 1.68. The zero-order valence-electron chi connectivity index (χ0n) is 13.4. The Balaban J connectivity index is 1.47. The summed E-state index contributed by atoms with van der Waals surface area (Å²) in [4.78, 5) is 18.2. The smallest absolute Gasteiger partial charge is 0.224 e. The number of hydrogen-bond donors (Lipinski definition) is 0. The molecule has 2 aromatic rings. The van der Waals surface area contributed by atoms with E-state index in [-0.39, 0.29) is 5.91 Å². The summed E-state index contributed by atoms with van der Waals surface area (Å²) in [6, 6.07) is 4.27. The van der Waals surface area contributed by atoms with Crippen molar-refractivity contribution in [3.8, 4) is 0 Å². The Kier molecular flexibility index (Phi) is 5.35. The van der Waals surface area contributed by atoms with Crippen LogP contribution in [-0.4, -0.2) is 62.1 Å². The second kappa shape index (κ2) is 7.65. The van der Waals surface area contributed by atoms with E-state index in [9.17, 15) is 4.79 Å². The van der Waals surface area contributed by atoms with E-state index in [4.69, 9.17) is 0 Å². The first-order valence-corrected chi connectivity index (χ1v) is 8.85. The Labute approximate surface area is 139 Å². The summed E-state index contributed by atoms with van der Waals surface area (Å²) in [7, 11) is 0. The van der Waals surface area contributed by atoms with E-state index in [0.717, 1.165) is 45.0 Å². The van der Waals surface area contributed by atoms with Gasteiger partial charge in [-0.25, -0.2) is 4.68 Å². The van der Waals surface area contributed by atoms with E-state index in [1.54, 1.807) is 16.0 Å². The summed E-state index contributed by atoms with van der Waals surface area (Å²) in [6.07, 6.45) is 1.48. The van der Waals surface area contributed by atoms with E-state index in [1.165, 1.54) is 4.88 Å². The molecule has 1 aliphatic rings. The van der Waals surface area contributed by atoms with Crippen LogP contribution >= 0.6 is 11.3 Å². The van der Waals surface area contributed by atoms with Crippen LogP contribution in [0.2, 0.25) is 0 Å². The molecule has 0 aliphatic carbocycles. The Morgan fingerprint density at radius 3 is 2.96 bits per heavy atom. The fourth-order valence-corrected chi connectivity index (χ4v) is 3.56. The highest BCUT2D eigenvalue weighted by Crippen LogP contribution is 2.14. The van der Waals surface area contributed by atoms with Crippen LogP contribution in [0.1, 0.15) is 23.5 Å². The molecule has 0 radical (unpaired) electrons. The molecule has 0 unspecified atom stereocenters. The predicted molar refractivity (Wildman–Crippen MR) is 88.0 cm³/mol. The molecule has 7 nitrogen and oxygen atoms in total. The van der Waals surface area contributed by atoms with Crippen molar-refractivity contribution in [1.82, 2.24) is 30.0 Å². The molecule has 2 aromatic heterocycles. The van der Waals surface area contributed by atoms with Crippen molar-refractivity contribution in [3.05, 3.63) is 28.2 Å². The summed E-state index contributed by atoms with van der Waals surface area (Å²) in [6.45, 7) is 7.02. The fourth-order valence-electron chi connectivity index (χ4n) is 2.82. The third-order valence-electron chi connectivity index (χ3n) is 4.15. The number of thiophene rings is 1. The van der Waals surface area contributed by atoms with Gasteiger partial charge in [-0.15, -0.1) is 16.4 Å². The SMILES string of the molecule is Cc1nnnn1CCC(=O)N1CCCN(Cc2cccs2)CC1. The molecular weight excluding hydrogens is 312 g/mol. The number of rotatable bonds is 5. The first kappa shape index (κ1) is 16.1. The topological polar surface area (TPSA) is 67.2 Å². The van der Waals surface area contributed by atoms with Gasteiger partial charge in [0, 0.05) is 44.0 Å². The van der Waals surface area contributed by atoms with Gasteiger partial charge in [0.25, 0.3) is 0 Å². The maximum Gasteiger partial charge on any atom is 0.224 e. The van der Waals surface area contributed by atoms with Crippen molar-refractivity contribution in [3.63, 3.8) is 0 Å². The molecule has 3 rings (SSSR count). The van der Waals surface area contributed by atoms with E-state index < -0.39 is 0 Å². The van der Waals surface area contributed by atoms with E-state index in [2.05, 4.69) is 37.9 Å². The lowest BCUT2D eigenvalue weighted by Crippen LogP contribution is -2.35. The van der Waals surface area contributed by atoms with Gasteiger partial charge in [0.1, 0.15) is 5.82 Å². The number of aromatic nitrogens is 4. The van der Waals surface area contributed by atoms with Gasteiger partial charge in [-0.2, -0.15) is 0 Å². The molecule has 1 saturated heterocycles. The number of amides is 1. The van der Waals surface area contributed by atoms with Crippen LogP contribution in [-0.2, 0) is 17.9 Å². The maximum atomic E-state index is 12.4. The maximum absolute atomic E-state index is 12.4. The highest BCUT2D eigenvalue weighted by atomic mass is 32.1. The minimum absolute atomic E-state index is 0.192. The van der Waals surface area contributed by atoms with Crippen LogP contribution < -0.4 is 0 Å². The third-order valence-corrected chi connectivity index (χ3v) is 5.01. The van der Waals surface area contributed by atoms with Gasteiger partial charge in [-0.3, -0.25) is 9.69 Å². The molecule has 0 spiro atoms. The summed E-state index contributed by atoms with van der Waals surface area (Å²) >= 11 is 1.79. The Morgan fingerprint density at radius 2 is 2.22 bits per heavy atom. The van der Waals surface area contributed by atoms with E-state index in [1.807, 2.05) is 11.8 Å². The quantitative estimate of drug-likeness (QED) is 0.821. The number of carbonyl (C=O) groups excluding carboxylic acids is 1. The van der Waals surface area contributed by atoms with Crippen LogP contribution in [0, 0.1) is 6.92 Å². The molecule has 8 heteroatoms.